The van der Waals surface area contributed by atoms with Gasteiger partial charge in [0.15, 0.2) is 0 Å². The van der Waals surface area contributed by atoms with Crippen LogP contribution in [-0.2, 0) is 0 Å². The van der Waals surface area contributed by atoms with E-state index in [1.807, 2.05) is 18.2 Å². The Bertz CT molecular complexity index is 2790. The highest BCUT2D eigenvalue weighted by molar-refractivity contribution is 6.19. The molecule has 3 unspecified atom stereocenters. The largest absolute Gasteiger partial charge is 0.456 e. The summed E-state index contributed by atoms with van der Waals surface area (Å²) >= 11 is 0. The standard InChI is InChI=1S/C47H35N3O2/c1-2-10-29(11-3-1)38-27-39(49-46(48-38)30-20-18-28(19-21-30)33-24-25-42-43(33)36-14-6-8-16-40(36)51-42)31-22-23-32(26-31)45-35-13-5-4-12-34(35)44-37-15-7-9-17-41(37)52-47(44)50-45/h2,4-20,22-25,27,30,33,46,49H,1,3,21,26H2. The van der Waals surface area contributed by atoms with Crippen LogP contribution in [0.1, 0.15) is 48.6 Å². The SMILES string of the molecule is C1=CC(C2=NC(C3C=CC(C4C=Cc5oc6ccccc6c54)=CC3)NC(C3=CC=C(c4nc5oc6ccccc6c5c5ccccc45)C3)=C2)=CCC1. The molecule has 1 N–H and O–H groups in total. The summed E-state index contributed by atoms with van der Waals surface area (Å²) in [6.07, 6.45) is 28.8. The maximum Gasteiger partial charge on any atom is 0.228 e. The van der Waals surface area contributed by atoms with Gasteiger partial charge in [-0.25, -0.2) is 4.98 Å². The molecule has 3 aromatic heterocycles. The van der Waals surface area contributed by atoms with E-state index in [0.717, 1.165) is 75.9 Å². The fourth-order valence-corrected chi connectivity index (χ4v) is 8.67. The number of fused-ring (bicyclic) bond motifs is 8. The number of allylic oxidation sites excluding steroid dienone is 13. The fourth-order valence-electron chi connectivity index (χ4n) is 8.67. The number of nitrogens with zero attached hydrogens (tertiary/aromatic N) is 2. The fraction of sp³-hybridized carbons (Fsp3) is 0.149. The lowest BCUT2D eigenvalue weighted by atomic mass is 9.85. The van der Waals surface area contributed by atoms with Crippen molar-refractivity contribution in [3.63, 3.8) is 0 Å². The van der Waals surface area contributed by atoms with Crippen LogP contribution < -0.4 is 5.32 Å². The number of para-hydroxylation sites is 2. The summed E-state index contributed by atoms with van der Waals surface area (Å²) in [4.78, 5) is 10.5. The minimum absolute atomic E-state index is 0.0829. The Morgan fingerprint density at radius 1 is 0.712 bits per heavy atom. The zero-order chi connectivity index (χ0) is 34.2. The van der Waals surface area contributed by atoms with Crippen molar-refractivity contribution in [3.05, 3.63) is 173 Å². The molecule has 5 heteroatoms. The second kappa shape index (κ2) is 11.7. The number of hydrogen-bond donors (Lipinski definition) is 1. The monoisotopic (exact) mass is 673 g/mol. The minimum Gasteiger partial charge on any atom is -0.456 e. The molecule has 4 heterocycles. The van der Waals surface area contributed by atoms with Gasteiger partial charge in [-0.3, -0.25) is 4.99 Å². The van der Waals surface area contributed by atoms with E-state index in [1.54, 1.807) is 0 Å². The Morgan fingerprint density at radius 3 is 2.33 bits per heavy atom. The van der Waals surface area contributed by atoms with E-state index >= 15 is 0 Å². The van der Waals surface area contributed by atoms with E-state index in [1.165, 1.54) is 38.6 Å². The number of nitrogens with one attached hydrogen (secondary N) is 1. The van der Waals surface area contributed by atoms with Crippen LogP contribution in [0.5, 0.6) is 0 Å². The molecule has 0 saturated heterocycles. The molecule has 0 saturated carbocycles. The minimum atomic E-state index is -0.0829. The molecule has 0 amide bonds. The summed E-state index contributed by atoms with van der Waals surface area (Å²) in [6, 6.07) is 25.2. The van der Waals surface area contributed by atoms with Crippen LogP contribution in [-0.4, -0.2) is 16.9 Å². The Labute approximate surface area is 301 Å². The molecule has 3 atom stereocenters. The molecule has 0 bridgehead atoms. The van der Waals surface area contributed by atoms with Crippen LogP contribution in [0, 0.1) is 5.92 Å². The third-order valence-electron chi connectivity index (χ3n) is 11.3. The number of hydrogen-bond acceptors (Lipinski definition) is 5. The van der Waals surface area contributed by atoms with Gasteiger partial charge in [0.1, 0.15) is 23.1 Å². The molecular weight excluding hydrogens is 639 g/mol. The normalized spacial score (nSPS) is 22.3. The van der Waals surface area contributed by atoms with Crippen LogP contribution in [0.4, 0.5) is 0 Å². The van der Waals surface area contributed by atoms with Gasteiger partial charge in [0.25, 0.3) is 0 Å². The summed E-state index contributed by atoms with van der Waals surface area (Å²) in [6.45, 7) is 0. The predicted molar refractivity (Wildman–Crippen MR) is 212 cm³/mol. The number of benzene rings is 3. The van der Waals surface area contributed by atoms with Gasteiger partial charge < -0.3 is 14.2 Å². The average molecular weight is 674 g/mol. The van der Waals surface area contributed by atoms with Gasteiger partial charge in [0, 0.05) is 45.7 Å². The van der Waals surface area contributed by atoms with E-state index in [-0.39, 0.29) is 18.0 Å². The molecule has 5 nitrogen and oxygen atoms in total. The lowest BCUT2D eigenvalue weighted by Crippen LogP contribution is -2.38. The van der Waals surface area contributed by atoms with Crippen molar-refractivity contribution in [1.29, 1.82) is 0 Å². The summed E-state index contributed by atoms with van der Waals surface area (Å²) in [5, 5.41) is 9.59. The first kappa shape index (κ1) is 29.5. The number of furan rings is 2. The van der Waals surface area contributed by atoms with E-state index in [9.17, 15) is 0 Å². The van der Waals surface area contributed by atoms with Crippen molar-refractivity contribution in [1.82, 2.24) is 10.3 Å². The van der Waals surface area contributed by atoms with Crippen LogP contribution in [0.2, 0.25) is 0 Å². The van der Waals surface area contributed by atoms with Gasteiger partial charge in [-0.15, -0.1) is 0 Å². The van der Waals surface area contributed by atoms with Crippen molar-refractivity contribution in [2.75, 3.05) is 0 Å². The molecule has 250 valence electrons. The molecule has 0 fully saturated rings. The van der Waals surface area contributed by atoms with Crippen molar-refractivity contribution < 1.29 is 8.83 Å². The van der Waals surface area contributed by atoms with E-state index in [2.05, 4.69) is 127 Å². The van der Waals surface area contributed by atoms with Crippen LogP contribution >= 0.6 is 0 Å². The number of rotatable bonds is 5. The van der Waals surface area contributed by atoms with Crippen LogP contribution in [0.3, 0.4) is 0 Å². The van der Waals surface area contributed by atoms with Crippen LogP contribution in [0.15, 0.2) is 170 Å². The van der Waals surface area contributed by atoms with Gasteiger partial charge in [-0.2, -0.15) is 0 Å². The first-order valence-corrected chi connectivity index (χ1v) is 18.4. The number of pyridine rings is 1. The first-order valence-electron chi connectivity index (χ1n) is 18.4. The van der Waals surface area contributed by atoms with E-state index in [0.29, 0.717) is 5.71 Å². The van der Waals surface area contributed by atoms with Gasteiger partial charge >= 0.3 is 0 Å². The number of aromatic nitrogens is 1. The van der Waals surface area contributed by atoms with Crippen molar-refractivity contribution >= 4 is 61.2 Å². The summed E-state index contributed by atoms with van der Waals surface area (Å²) in [7, 11) is 0. The Kier molecular flexibility index (Phi) is 6.63. The molecule has 6 aromatic rings. The van der Waals surface area contributed by atoms with Crippen molar-refractivity contribution in [2.45, 2.75) is 37.8 Å². The van der Waals surface area contributed by atoms with Gasteiger partial charge in [0.05, 0.1) is 16.8 Å². The Hall–Kier alpha value is -6.20. The highest BCUT2D eigenvalue weighted by Gasteiger charge is 2.31. The Morgan fingerprint density at radius 2 is 1.50 bits per heavy atom. The summed E-state index contributed by atoms with van der Waals surface area (Å²) in [5.74, 6) is 1.41. The lowest BCUT2D eigenvalue weighted by molar-refractivity contribution is 0.451. The Balaban J connectivity index is 0.888. The van der Waals surface area contributed by atoms with Crippen LogP contribution in [0.25, 0.3) is 55.5 Å². The molecule has 3 aromatic carbocycles. The molecule has 4 aliphatic carbocycles. The molecular formula is C47H35N3O2. The number of aliphatic imine (C=N–C) groups is 1. The summed E-state index contributed by atoms with van der Waals surface area (Å²) < 4.78 is 12.5. The second-order valence-corrected chi connectivity index (χ2v) is 14.3. The zero-order valence-corrected chi connectivity index (χ0v) is 28.6. The predicted octanol–water partition coefficient (Wildman–Crippen LogP) is 11.4. The van der Waals surface area contributed by atoms with E-state index in [4.69, 9.17) is 18.8 Å². The summed E-state index contributed by atoms with van der Waals surface area (Å²) in [5.41, 5.74) is 11.9. The highest BCUT2D eigenvalue weighted by Crippen LogP contribution is 2.44. The smallest absolute Gasteiger partial charge is 0.228 e. The quantitative estimate of drug-likeness (QED) is 0.198. The third kappa shape index (κ3) is 4.69. The molecule has 52 heavy (non-hydrogen) atoms. The van der Waals surface area contributed by atoms with E-state index < -0.39 is 0 Å². The highest BCUT2D eigenvalue weighted by atomic mass is 16.3. The average Bonchev–Trinajstić information content (AvgIpc) is 4.01. The molecule has 5 aliphatic rings. The molecule has 11 rings (SSSR count). The topological polar surface area (TPSA) is 63.6 Å². The van der Waals surface area contributed by atoms with Crippen molar-refractivity contribution in [3.8, 4) is 0 Å². The first-order chi connectivity index (χ1) is 25.7. The van der Waals surface area contributed by atoms with Gasteiger partial charge in [-0.05, 0) is 71.2 Å². The lowest BCUT2D eigenvalue weighted by Gasteiger charge is -2.31. The maximum atomic E-state index is 6.31. The zero-order valence-electron chi connectivity index (χ0n) is 28.6. The molecule has 0 spiro atoms. The van der Waals surface area contributed by atoms with Gasteiger partial charge in [-0.1, -0.05) is 115 Å². The van der Waals surface area contributed by atoms with Crippen molar-refractivity contribution in [2.24, 2.45) is 10.9 Å². The van der Waals surface area contributed by atoms with Gasteiger partial charge in [0.2, 0.25) is 5.71 Å². The third-order valence-corrected chi connectivity index (χ3v) is 11.3. The molecule has 1 aliphatic heterocycles. The maximum absolute atomic E-state index is 6.31. The molecule has 0 radical (unpaired) electrons. The second-order valence-electron chi connectivity index (χ2n) is 14.3.